The van der Waals surface area contributed by atoms with Crippen LogP contribution in [-0.4, -0.2) is 46.8 Å². The smallest absolute Gasteiger partial charge is 0.338 e. The van der Waals surface area contributed by atoms with Crippen LogP contribution in [0.25, 0.3) is 0 Å². The molecule has 3 rings (SSSR count). The molecule has 0 bridgehead atoms. The molecular weight excluding hydrogens is 428 g/mol. The van der Waals surface area contributed by atoms with Gasteiger partial charge in [0.15, 0.2) is 11.5 Å². The van der Waals surface area contributed by atoms with E-state index < -0.39 is 6.04 Å². The van der Waals surface area contributed by atoms with E-state index in [-0.39, 0.29) is 5.97 Å². The minimum atomic E-state index is -0.492. The molecule has 2 heterocycles. The molecule has 9 heteroatoms. The van der Waals surface area contributed by atoms with Crippen LogP contribution < -0.4 is 14.8 Å². The first-order chi connectivity index (χ1) is 15.5. The van der Waals surface area contributed by atoms with Crippen LogP contribution in [0.15, 0.2) is 34.6 Å². The number of fused-ring (bicyclic) bond motifs is 1. The van der Waals surface area contributed by atoms with Crippen LogP contribution in [0.5, 0.6) is 11.5 Å². The molecule has 1 unspecified atom stereocenters. The fourth-order valence-corrected chi connectivity index (χ4v) is 4.02. The van der Waals surface area contributed by atoms with Gasteiger partial charge in [-0.1, -0.05) is 45.0 Å². The molecule has 0 amide bonds. The number of carbonyl (C=O) groups excluding carboxylic acids is 1. The predicted octanol–water partition coefficient (Wildman–Crippen LogP) is 4.82. The largest absolute Gasteiger partial charge is 0.493 e. The van der Waals surface area contributed by atoms with Crippen LogP contribution in [0.2, 0.25) is 0 Å². The molecule has 8 nitrogen and oxygen atoms in total. The van der Waals surface area contributed by atoms with E-state index in [0.717, 1.165) is 30.6 Å². The number of ether oxygens (including phenoxy) is 3. The third kappa shape index (κ3) is 5.20. The minimum absolute atomic E-state index is 0.357. The zero-order chi connectivity index (χ0) is 23.1. The van der Waals surface area contributed by atoms with E-state index in [1.165, 1.54) is 0 Å². The molecule has 32 heavy (non-hydrogen) atoms. The van der Waals surface area contributed by atoms with Gasteiger partial charge in [0, 0.05) is 5.70 Å². The topological polar surface area (TPSA) is 87.5 Å². The summed E-state index contributed by atoms with van der Waals surface area (Å²) in [6, 6.07) is 5.22. The van der Waals surface area contributed by atoms with Crippen LogP contribution in [0, 0.1) is 0 Å². The maximum atomic E-state index is 13.1. The Morgan fingerprint density at radius 3 is 2.69 bits per heavy atom. The van der Waals surface area contributed by atoms with E-state index in [0.29, 0.717) is 47.1 Å². The van der Waals surface area contributed by atoms with Gasteiger partial charge >= 0.3 is 5.97 Å². The van der Waals surface area contributed by atoms with E-state index in [9.17, 15) is 4.79 Å². The van der Waals surface area contributed by atoms with Crippen molar-refractivity contribution in [3.05, 3.63) is 35.0 Å². The van der Waals surface area contributed by atoms with Crippen molar-refractivity contribution in [1.29, 1.82) is 0 Å². The highest BCUT2D eigenvalue weighted by molar-refractivity contribution is 7.99. The summed E-state index contributed by atoms with van der Waals surface area (Å²) < 4.78 is 18.7. The van der Waals surface area contributed by atoms with Crippen molar-refractivity contribution >= 4 is 23.7 Å². The van der Waals surface area contributed by atoms with E-state index in [2.05, 4.69) is 36.2 Å². The lowest BCUT2D eigenvalue weighted by Gasteiger charge is -2.28. The molecule has 1 atom stereocenters. The molecule has 0 aliphatic carbocycles. The van der Waals surface area contributed by atoms with Crippen molar-refractivity contribution < 1.29 is 19.0 Å². The summed E-state index contributed by atoms with van der Waals surface area (Å²) in [5.41, 5.74) is 2.05. The number of anilines is 1. The summed E-state index contributed by atoms with van der Waals surface area (Å²) in [5, 5.41) is 8.56. The number of benzene rings is 1. The number of aromatic nitrogens is 3. The van der Waals surface area contributed by atoms with Crippen LogP contribution in [0.3, 0.4) is 0 Å². The molecule has 1 aliphatic heterocycles. The van der Waals surface area contributed by atoms with Gasteiger partial charge in [0.2, 0.25) is 11.1 Å². The highest BCUT2D eigenvalue weighted by Crippen LogP contribution is 2.39. The number of thioether (sulfide) groups is 1. The minimum Gasteiger partial charge on any atom is -0.493 e. The van der Waals surface area contributed by atoms with Gasteiger partial charge in [-0.25, -0.2) is 9.48 Å². The fraction of sp³-hybridized carbons (Fsp3) is 0.522. The third-order valence-corrected chi connectivity index (χ3v) is 5.74. The Bertz CT molecular complexity index is 973. The molecule has 0 saturated carbocycles. The number of esters is 1. The Hall–Kier alpha value is -2.68. The average molecular weight is 461 g/mol. The number of methoxy groups -OCH3 is 1. The highest BCUT2D eigenvalue weighted by Gasteiger charge is 2.35. The Morgan fingerprint density at radius 2 is 2.00 bits per heavy atom. The quantitative estimate of drug-likeness (QED) is 0.290. The first-order valence-electron chi connectivity index (χ1n) is 11.1. The van der Waals surface area contributed by atoms with E-state index in [1.54, 1.807) is 23.6 Å². The number of nitrogens with one attached hydrogen (secondary N) is 1. The van der Waals surface area contributed by atoms with Crippen molar-refractivity contribution in [2.75, 3.05) is 31.4 Å². The summed E-state index contributed by atoms with van der Waals surface area (Å²) in [4.78, 5) is 17.7. The number of hydrogen-bond acceptors (Lipinski definition) is 8. The monoisotopic (exact) mass is 460 g/mol. The van der Waals surface area contributed by atoms with Gasteiger partial charge < -0.3 is 19.5 Å². The molecule has 1 aliphatic rings. The second kappa shape index (κ2) is 11.3. The first kappa shape index (κ1) is 24.0. The lowest BCUT2D eigenvalue weighted by Crippen LogP contribution is -2.29. The van der Waals surface area contributed by atoms with Gasteiger partial charge in [-0.15, -0.1) is 5.10 Å². The second-order valence-corrected chi connectivity index (χ2v) is 8.64. The van der Waals surface area contributed by atoms with Crippen molar-refractivity contribution in [3.63, 3.8) is 0 Å². The third-order valence-electron chi connectivity index (χ3n) is 5.02. The van der Waals surface area contributed by atoms with Gasteiger partial charge in [0.1, 0.15) is 6.04 Å². The first-order valence-corrected chi connectivity index (χ1v) is 12.1. The van der Waals surface area contributed by atoms with Crippen LogP contribution in [0.4, 0.5) is 5.95 Å². The normalized spacial score (nSPS) is 15.2. The SMILES string of the molecule is CCCCOC(=O)C1=C(C)Nc2nc(SCC)nn2C1c1ccc(OCCC)c(OC)c1. The number of carbonyl (C=O) groups is 1. The van der Waals surface area contributed by atoms with E-state index >= 15 is 0 Å². The van der Waals surface area contributed by atoms with Gasteiger partial charge in [0.05, 0.1) is 25.9 Å². The second-order valence-electron chi connectivity index (χ2n) is 7.41. The Kier molecular flexibility index (Phi) is 8.44. The Morgan fingerprint density at radius 1 is 1.19 bits per heavy atom. The molecule has 2 aromatic rings. The molecule has 174 valence electrons. The zero-order valence-corrected chi connectivity index (χ0v) is 20.3. The van der Waals surface area contributed by atoms with Crippen LogP contribution >= 0.6 is 11.8 Å². The molecular formula is C23H32N4O4S. The maximum Gasteiger partial charge on any atom is 0.338 e. The molecule has 1 N–H and O–H groups in total. The van der Waals surface area contributed by atoms with Gasteiger partial charge in [-0.3, -0.25) is 0 Å². The van der Waals surface area contributed by atoms with Crippen molar-refractivity contribution in [2.24, 2.45) is 0 Å². The molecule has 1 aromatic carbocycles. The van der Waals surface area contributed by atoms with E-state index in [1.807, 2.05) is 25.1 Å². The number of hydrogen-bond donors (Lipinski definition) is 1. The Balaban J connectivity index is 2.06. The fourth-order valence-electron chi connectivity index (χ4n) is 3.47. The van der Waals surface area contributed by atoms with Crippen molar-refractivity contribution in [1.82, 2.24) is 14.8 Å². The maximum absolute atomic E-state index is 13.1. The number of allylic oxidation sites excluding steroid dienone is 1. The molecule has 0 fully saturated rings. The molecule has 0 spiro atoms. The molecule has 0 radical (unpaired) electrons. The lowest BCUT2D eigenvalue weighted by atomic mass is 9.95. The summed E-state index contributed by atoms with van der Waals surface area (Å²) in [7, 11) is 1.61. The average Bonchev–Trinajstić information content (AvgIpc) is 3.18. The predicted molar refractivity (Wildman–Crippen MR) is 126 cm³/mol. The molecule has 0 saturated heterocycles. The zero-order valence-electron chi connectivity index (χ0n) is 19.4. The number of nitrogens with zero attached hydrogens (tertiary/aromatic N) is 3. The lowest BCUT2D eigenvalue weighted by molar-refractivity contribution is -0.139. The highest BCUT2D eigenvalue weighted by atomic mass is 32.2. The summed E-state index contributed by atoms with van der Waals surface area (Å²) in [6.45, 7) is 9.01. The van der Waals surface area contributed by atoms with Gasteiger partial charge in [-0.2, -0.15) is 4.98 Å². The Labute approximate surface area is 193 Å². The van der Waals surface area contributed by atoms with Crippen molar-refractivity contribution in [3.8, 4) is 11.5 Å². The summed E-state index contributed by atoms with van der Waals surface area (Å²) in [5.74, 6) is 2.36. The van der Waals surface area contributed by atoms with Crippen LogP contribution in [0.1, 0.15) is 58.6 Å². The number of rotatable bonds is 11. The van der Waals surface area contributed by atoms with Crippen molar-refractivity contribution in [2.45, 2.75) is 58.2 Å². The van der Waals surface area contributed by atoms with Gasteiger partial charge in [-0.05, 0) is 43.2 Å². The van der Waals surface area contributed by atoms with Gasteiger partial charge in [0.25, 0.3) is 0 Å². The number of unbranched alkanes of at least 4 members (excludes halogenated alkanes) is 1. The van der Waals surface area contributed by atoms with Crippen LogP contribution in [-0.2, 0) is 9.53 Å². The summed E-state index contributed by atoms with van der Waals surface area (Å²) >= 11 is 1.55. The van der Waals surface area contributed by atoms with E-state index in [4.69, 9.17) is 14.2 Å². The summed E-state index contributed by atoms with van der Waals surface area (Å²) in [6.07, 6.45) is 2.67. The molecule has 1 aromatic heterocycles. The standard InChI is InChI=1S/C23H32N4O4S/c1-6-9-13-31-21(28)19-15(4)24-22-25-23(32-8-3)26-27(22)20(19)16-10-11-17(30-12-7-2)18(14-16)29-5/h10-11,14,20H,6-9,12-13H2,1-5H3,(H,24,25,26).